The summed E-state index contributed by atoms with van der Waals surface area (Å²) < 4.78 is 4.40. The molecule has 0 aliphatic carbocycles. The van der Waals surface area contributed by atoms with Crippen molar-refractivity contribution in [1.29, 1.82) is 0 Å². The molecule has 0 unspecified atom stereocenters. The number of esters is 1. The van der Waals surface area contributed by atoms with Crippen molar-refractivity contribution in [1.82, 2.24) is 0 Å². The van der Waals surface area contributed by atoms with Crippen molar-refractivity contribution in [2.45, 2.75) is 0 Å². The van der Waals surface area contributed by atoms with Gasteiger partial charge in [-0.3, -0.25) is 10.1 Å². The zero-order valence-electron chi connectivity index (χ0n) is 8.54. The predicted molar refractivity (Wildman–Crippen MR) is 58.6 cm³/mol. The summed E-state index contributed by atoms with van der Waals surface area (Å²) >= 11 is 0. The zero-order chi connectivity index (χ0) is 12.1. The first-order valence-electron chi connectivity index (χ1n) is 4.34. The Hall–Kier alpha value is -2.37. The van der Waals surface area contributed by atoms with Crippen molar-refractivity contribution < 1.29 is 14.5 Å². The zero-order valence-corrected chi connectivity index (χ0v) is 8.54. The molecular formula is C10H10N2O4. The highest BCUT2D eigenvalue weighted by molar-refractivity contribution is 5.88. The second kappa shape index (κ2) is 4.92. The average molecular weight is 222 g/mol. The first kappa shape index (κ1) is 11.7. The van der Waals surface area contributed by atoms with E-state index in [1.165, 1.54) is 37.5 Å². The van der Waals surface area contributed by atoms with Crippen LogP contribution in [0.25, 0.3) is 6.08 Å². The molecule has 0 spiro atoms. The maximum absolute atomic E-state index is 10.8. The molecule has 0 aromatic heterocycles. The largest absolute Gasteiger partial charge is 0.466 e. The van der Waals surface area contributed by atoms with Crippen molar-refractivity contribution in [3.63, 3.8) is 0 Å². The third kappa shape index (κ3) is 2.81. The van der Waals surface area contributed by atoms with Gasteiger partial charge in [0.05, 0.1) is 12.0 Å². The van der Waals surface area contributed by atoms with Gasteiger partial charge in [0.15, 0.2) is 0 Å². The Labute approximate surface area is 91.5 Å². The Bertz CT molecular complexity index is 454. The lowest BCUT2D eigenvalue weighted by Gasteiger charge is -1.99. The van der Waals surface area contributed by atoms with Crippen LogP contribution in [0.15, 0.2) is 24.3 Å². The van der Waals surface area contributed by atoms with E-state index in [9.17, 15) is 14.9 Å². The molecule has 0 aliphatic rings. The van der Waals surface area contributed by atoms with E-state index in [0.717, 1.165) is 0 Å². The quantitative estimate of drug-likeness (QED) is 0.274. The number of carbonyl (C=O) groups is 1. The molecule has 0 saturated heterocycles. The molecule has 0 fully saturated rings. The summed E-state index contributed by atoms with van der Waals surface area (Å²) in [5.41, 5.74) is 6.24. The van der Waals surface area contributed by atoms with Crippen LogP contribution >= 0.6 is 0 Å². The molecule has 0 saturated carbocycles. The maximum atomic E-state index is 10.8. The van der Waals surface area contributed by atoms with E-state index in [0.29, 0.717) is 5.56 Å². The van der Waals surface area contributed by atoms with Gasteiger partial charge < -0.3 is 10.5 Å². The van der Waals surface area contributed by atoms with Gasteiger partial charge in [0.25, 0.3) is 5.69 Å². The molecule has 0 radical (unpaired) electrons. The SMILES string of the molecule is COC(=O)C=Cc1ccc([N+](=O)[O-])cc1N. The number of nitro groups is 1. The molecular weight excluding hydrogens is 212 g/mol. The topological polar surface area (TPSA) is 95.5 Å². The van der Waals surface area contributed by atoms with Crippen molar-refractivity contribution >= 4 is 23.4 Å². The molecule has 0 amide bonds. The van der Waals surface area contributed by atoms with Gasteiger partial charge in [-0.25, -0.2) is 4.79 Å². The normalized spacial score (nSPS) is 10.3. The van der Waals surface area contributed by atoms with Crippen molar-refractivity contribution in [3.8, 4) is 0 Å². The fourth-order valence-corrected chi connectivity index (χ4v) is 1.05. The number of nitro benzene ring substituents is 1. The lowest BCUT2D eigenvalue weighted by molar-refractivity contribution is -0.384. The predicted octanol–water partition coefficient (Wildman–Crippen LogP) is 1.36. The number of hydrogen-bond donors (Lipinski definition) is 1. The van der Waals surface area contributed by atoms with Crippen LogP contribution in [0, 0.1) is 10.1 Å². The third-order valence-corrected chi connectivity index (χ3v) is 1.88. The number of rotatable bonds is 3. The van der Waals surface area contributed by atoms with E-state index in [2.05, 4.69) is 4.74 Å². The maximum Gasteiger partial charge on any atom is 0.330 e. The molecule has 1 aromatic rings. The van der Waals surface area contributed by atoms with Crippen LogP contribution < -0.4 is 5.73 Å². The monoisotopic (exact) mass is 222 g/mol. The summed E-state index contributed by atoms with van der Waals surface area (Å²) in [6.45, 7) is 0. The number of carbonyl (C=O) groups excluding carboxylic acids is 1. The highest BCUT2D eigenvalue weighted by atomic mass is 16.6. The fourth-order valence-electron chi connectivity index (χ4n) is 1.05. The van der Waals surface area contributed by atoms with E-state index < -0.39 is 10.9 Å². The number of nitrogens with two attached hydrogens (primary N) is 1. The minimum atomic E-state index is -0.538. The molecule has 16 heavy (non-hydrogen) atoms. The van der Waals surface area contributed by atoms with E-state index in [1.54, 1.807) is 0 Å². The molecule has 0 atom stereocenters. The van der Waals surface area contributed by atoms with Gasteiger partial charge in [-0.1, -0.05) is 0 Å². The van der Waals surface area contributed by atoms with Crippen LogP contribution in [0.3, 0.4) is 0 Å². The Morgan fingerprint density at radius 3 is 2.75 bits per heavy atom. The summed E-state index contributed by atoms with van der Waals surface area (Å²) in [5, 5.41) is 10.4. The summed E-state index contributed by atoms with van der Waals surface area (Å²) in [7, 11) is 1.26. The molecule has 6 nitrogen and oxygen atoms in total. The minimum absolute atomic E-state index is 0.0901. The van der Waals surface area contributed by atoms with Gasteiger partial charge in [-0.2, -0.15) is 0 Å². The van der Waals surface area contributed by atoms with Gasteiger partial charge in [-0.05, 0) is 17.7 Å². The number of nitrogen functional groups attached to an aromatic ring is 1. The Kier molecular flexibility index (Phi) is 3.60. The Morgan fingerprint density at radius 2 is 2.25 bits per heavy atom. The second-order valence-electron chi connectivity index (χ2n) is 2.93. The molecule has 1 rings (SSSR count). The summed E-state index contributed by atoms with van der Waals surface area (Å²) in [6, 6.07) is 4.01. The minimum Gasteiger partial charge on any atom is -0.466 e. The standard InChI is InChI=1S/C10H10N2O4/c1-16-10(13)5-3-7-2-4-8(12(14)15)6-9(7)11/h2-6H,11H2,1H3. The number of hydrogen-bond acceptors (Lipinski definition) is 5. The van der Waals surface area contributed by atoms with Gasteiger partial charge in [0.2, 0.25) is 0 Å². The second-order valence-corrected chi connectivity index (χ2v) is 2.93. The molecule has 0 heterocycles. The first-order chi connectivity index (χ1) is 7.54. The smallest absolute Gasteiger partial charge is 0.330 e. The molecule has 84 valence electrons. The average Bonchev–Trinajstić information content (AvgIpc) is 2.26. The highest BCUT2D eigenvalue weighted by Gasteiger charge is 2.07. The van der Waals surface area contributed by atoms with Gasteiger partial charge in [-0.15, -0.1) is 0 Å². The van der Waals surface area contributed by atoms with Crippen LogP contribution in [0.5, 0.6) is 0 Å². The van der Waals surface area contributed by atoms with Crippen LogP contribution in [0.1, 0.15) is 5.56 Å². The number of benzene rings is 1. The fraction of sp³-hybridized carbons (Fsp3) is 0.100. The summed E-state index contributed by atoms with van der Waals surface area (Å²) in [5.74, 6) is -0.516. The number of non-ortho nitro benzene ring substituents is 1. The van der Waals surface area contributed by atoms with Gasteiger partial charge in [0, 0.05) is 23.9 Å². The third-order valence-electron chi connectivity index (χ3n) is 1.88. The summed E-state index contributed by atoms with van der Waals surface area (Å²) in [6.07, 6.45) is 2.63. The lowest BCUT2D eigenvalue weighted by atomic mass is 10.1. The Morgan fingerprint density at radius 1 is 1.56 bits per heavy atom. The highest BCUT2D eigenvalue weighted by Crippen LogP contribution is 2.20. The van der Waals surface area contributed by atoms with Gasteiger partial charge >= 0.3 is 5.97 Å². The lowest BCUT2D eigenvalue weighted by Crippen LogP contribution is -1.96. The number of nitrogens with zero attached hydrogens (tertiary/aromatic N) is 1. The van der Waals surface area contributed by atoms with E-state index in [-0.39, 0.29) is 11.4 Å². The van der Waals surface area contributed by atoms with Crippen molar-refractivity contribution in [2.75, 3.05) is 12.8 Å². The molecule has 0 bridgehead atoms. The van der Waals surface area contributed by atoms with Gasteiger partial charge in [0.1, 0.15) is 0 Å². The first-order valence-corrected chi connectivity index (χ1v) is 4.34. The van der Waals surface area contributed by atoms with Crippen LogP contribution in [0.2, 0.25) is 0 Å². The number of methoxy groups -OCH3 is 1. The van der Waals surface area contributed by atoms with E-state index in [4.69, 9.17) is 5.73 Å². The van der Waals surface area contributed by atoms with E-state index >= 15 is 0 Å². The number of anilines is 1. The summed E-state index contributed by atoms with van der Waals surface area (Å²) in [4.78, 5) is 20.7. The molecule has 1 aromatic carbocycles. The van der Waals surface area contributed by atoms with Crippen LogP contribution in [0.4, 0.5) is 11.4 Å². The van der Waals surface area contributed by atoms with Crippen molar-refractivity contribution in [2.24, 2.45) is 0 Å². The van der Waals surface area contributed by atoms with Crippen molar-refractivity contribution in [3.05, 3.63) is 40.0 Å². The molecule has 6 heteroatoms. The van der Waals surface area contributed by atoms with Crippen LogP contribution in [-0.4, -0.2) is 18.0 Å². The number of ether oxygens (including phenoxy) is 1. The molecule has 2 N–H and O–H groups in total. The van der Waals surface area contributed by atoms with E-state index in [1.807, 2.05) is 0 Å². The Balaban J connectivity index is 2.95. The molecule has 0 aliphatic heterocycles. The van der Waals surface area contributed by atoms with Crippen LogP contribution in [-0.2, 0) is 9.53 Å².